The summed E-state index contributed by atoms with van der Waals surface area (Å²) in [6.07, 6.45) is 1.34. The number of anilines is 2. The van der Waals surface area contributed by atoms with E-state index in [0.717, 1.165) is 12.3 Å². The summed E-state index contributed by atoms with van der Waals surface area (Å²) < 4.78 is 40.2. The molecule has 8 nitrogen and oxygen atoms in total. The van der Waals surface area contributed by atoms with Crippen LogP contribution in [0, 0.1) is 0 Å². The number of nitrogens with two attached hydrogens (primary N) is 1. The molecule has 1 saturated carbocycles. The molecule has 0 saturated heterocycles. The summed E-state index contributed by atoms with van der Waals surface area (Å²) in [6.45, 7) is 3.49. The predicted molar refractivity (Wildman–Crippen MR) is 130 cm³/mol. The van der Waals surface area contributed by atoms with Crippen molar-refractivity contribution in [2.45, 2.75) is 31.1 Å². The van der Waals surface area contributed by atoms with Crippen LogP contribution in [0.25, 0.3) is 0 Å². The third kappa shape index (κ3) is 6.69. The van der Waals surface area contributed by atoms with Crippen LogP contribution in [0.2, 0.25) is 0 Å². The van der Waals surface area contributed by atoms with E-state index in [1.54, 1.807) is 12.1 Å². The van der Waals surface area contributed by atoms with E-state index in [4.69, 9.17) is 5.73 Å². The molecule has 12 heteroatoms. The second-order valence-corrected chi connectivity index (χ2v) is 8.57. The van der Waals surface area contributed by atoms with Crippen molar-refractivity contribution < 1.29 is 22.8 Å². The van der Waals surface area contributed by atoms with Gasteiger partial charge in [-0.2, -0.15) is 13.2 Å². The fourth-order valence-corrected chi connectivity index (χ4v) is 3.45. The molecule has 1 aliphatic rings. The Labute approximate surface area is 207 Å². The lowest BCUT2D eigenvalue weighted by molar-refractivity contribution is -0.137. The maximum absolute atomic E-state index is 13.3. The van der Waals surface area contributed by atoms with E-state index in [1.165, 1.54) is 30.7 Å². The Morgan fingerprint density at radius 2 is 2.00 bits per heavy atom. The minimum Gasteiger partial charge on any atom is -0.404 e. The highest BCUT2D eigenvalue weighted by atomic mass is 79.9. The number of hydrogen-bond donors (Lipinski definition) is 4. The molecule has 0 atom stereocenters. The number of alkyl halides is 3. The van der Waals surface area contributed by atoms with Gasteiger partial charge < -0.3 is 21.7 Å². The lowest BCUT2D eigenvalue weighted by Crippen LogP contribution is -2.49. The summed E-state index contributed by atoms with van der Waals surface area (Å²) in [7, 11) is 0. The number of rotatable bonds is 9. The lowest BCUT2D eigenvalue weighted by Gasteiger charge is -2.17. The van der Waals surface area contributed by atoms with E-state index < -0.39 is 23.2 Å². The molecule has 1 aromatic heterocycles. The van der Waals surface area contributed by atoms with Gasteiger partial charge in [0, 0.05) is 23.1 Å². The Kier molecular flexibility index (Phi) is 7.95. The molecular weight excluding hydrogens is 529 g/mol. The van der Waals surface area contributed by atoms with Crippen LogP contribution in [-0.4, -0.2) is 28.6 Å². The van der Waals surface area contributed by atoms with Crippen LogP contribution >= 0.6 is 15.9 Å². The molecule has 1 aromatic carbocycles. The number of aromatic nitrogens is 1. The zero-order valence-corrected chi connectivity index (χ0v) is 19.9. The van der Waals surface area contributed by atoms with Gasteiger partial charge in [0.25, 0.3) is 5.91 Å². The molecule has 1 fully saturated rings. The van der Waals surface area contributed by atoms with Crippen LogP contribution in [0.15, 0.2) is 70.5 Å². The van der Waals surface area contributed by atoms with E-state index >= 15 is 0 Å². The van der Waals surface area contributed by atoms with Crippen LogP contribution in [0.4, 0.5) is 24.5 Å². The average molecular weight is 551 g/mol. The fraction of sp³-hybridized carbons (Fsp3) is 0.217. The van der Waals surface area contributed by atoms with Crippen LogP contribution in [0.3, 0.4) is 0 Å². The predicted octanol–water partition coefficient (Wildman–Crippen LogP) is 3.93. The lowest BCUT2D eigenvalue weighted by atomic mass is 10.1. The standard InChI is InChI=1S/C23H22BrF3N6O2/c1-2-29-11-14(10-28)20(34)33-22(7-8-22)21(35)31-12-16-4-5-17(13-30-16)32-19-6-3-15(24)9-18(19)23(25,26)27/h2-6,9-11,13,32H,1,7-8,12,28H2,(H,31,35)(H,33,34)/b14-10+,29-11?. The molecule has 3 rings (SSSR count). The molecule has 0 radical (unpaired) electrons. The van der Waals surface area contributed by atoms with Gasteiger partial charge in [0.2, 0.25) is 5.91 Å². The Balaban J connectivity index is 1.59. The number of nitrogens with one attached hydrogen (secondary N) is 3. The number of hydrogen-bond acceptors (Lipinski definition) is 6. The second kappa shape index (κ2) is 10.7. The minimum atomic E-state index is -4.53. The smallest absolute Gasteiger partial charge is 0.404 e. The average Bonchev–Trinajstić information content (AvgIpc) is 3.60. The highest BCUT2D eigenvalue weighted by Gasteiger charge is 2.51. The number of carbonyl (C=O) groups is 2. The molecule has 1 aliphatic carbocycles. The van der Waals surface area contributed by atoms with Crippen molar-refractivity contribution in [2.24, 2.45) is 10.7 Å². The Morgan fingerprint density at radius 3 is 2.57 bits per heavy atom. The Morgan fingerprint density at radius 1 is 1.26 bits per heavy atom. The number of aliphatic imine (C=N–C) groups is 1. The van der Waals surface area contributed by atoms with E-state index in [9.17, 15) is 22.8 Å². The van der Waals surface area contributed by atoms with Crippen LogP contribution < -0.4 is 21.7 Å². The number of amides is 2. The summed E-state index contributed by atoms with van der Waals surface area (Å²) >= 11 is 3.05. The monoisotopic (exact) mass is 550 g/mol. The summed E-state index contributed by atoms with van der Waals surface area (Å²) in [4.78, 5) is 32.9. The second-order valence-electron chi connectivity index (χ2n) is 7.65. The van der Waals surface area contributed by atoms with Crippen molar-refractivity contribution in [3.8, 4) is 0 Å². The van der Waals surface area contributed by atoms with Crippen molar-refractivity contribution in [1.29, 1.82) is 0 Å². The molecule has 35 heavy (non-hydrogen) atoms. The molecule has 0 spiro atoms. The van der Waals surface area contributed by atoms with Crippen molar-refractivity contribution in [3.05, 3.63) is 76.8 Å². The molecule has 0 unspecified atom stereocenters. The highest BCUT2D eigenvalue weighted by molar-refractivity contribution is 9.10. The van der Waals surface area contributed by atoms with Crippen LogP contribution in [0.5, 0.6) is 0 Å². The summed E-state index contributed by atoms with van der Waals surface area (Å²) in [5.41, 5.74) is 4.40. The first-order chi connectivity index (χ1) is 16.6. The van der Waals surface area contributed by atoms with Crippen molar-refractivity contribution in [1.82, 2.24) is 15.6 Å². The zero-order chi connectivity index (χ0) is 25.6. The number of benzene rings is 1. The Bertz CT molecular complexity index is 1170. The zero-order valence-electron chi connectivity index (χ0n) is 18.3. The van der Waals surface area contributed by atoms with Crippen molar-refractivity contribution in [3.63, 3.8) is 0 Å². The molecular formula is C23H22BrF3N6O2. The van der Waals surface area contributed by atoms with E-state index in [-0.39, 0.29) is 23.7 Å². The first-order valence-corrected chi connectivity index (χ1v) is 11.1. The number of nitrogens with zero attached hydrogens (tertiary/aromatic N) is 2. The third-order valence-corrected chi connectivity index (χ3v) is 5.61. The summed E-state index contributed by atoms with van der Waals surface area (Å²) in [6, 6.07) is 6.94. The Hall–Kier alpha value is -3.67. The van der Waals surface area contributed by atoms with E-state index in [2.05, 4.69) is 48.4 Å². The van der Waals surface area contributed by atoms with Gasteiger partial charge in [0.15, 0.2) is 0 Å². The van der Waals surface area contributed by atoms with Gasteiger partial charge in [0.1, 0.15) is 5.54 Å². The fourth-order valence-electron chi connectivity index (χ4n) is 3.09. The first-order valence-electron chi connectivity index (χ1n) is 10.3. The van der Waals surface area contributed by atoms with Gasteiger partial charge >= 0.3 is 6.18 Å². The minimum absolute atomic E-state index is 0.0698. The quantitative estimate of drug-likeness (QED) is 0.278. The molecule has 2 aromatic rings. The molecule has 5 N–H and O–H groups in total. The summed E-state index contributed by atoms with van der Waals surface area (Å²) in [5, 5.41) is 8.11. The summed E-state index contributed by atoms with van der Waals surface area (Å²) in [5.74, 6) is -0.915. The molecule has 0 bridgehead atoms. The normalized spacial score (nSPS) is 14.9. The van der Waals surface area contributed by atoms with Crippen molar-refractivity contribution in [2.75, 3.05) is 5.32 Å². The molecule has 1 heterocycles. The van der Waals surface area contributed by atoms with Gasteiger partial charge in [0.05, 0.1) is 40.9 Å². The SMILES string of the molecule is C=CN=C/C(=C\N)C(=O)NC1(C(=O)NCc2ccc(Nc3ccc(Br)cc3C(F)(F)F)cn2)CC1. The van der Waals surface area contributed by atoms with Crippen LogP contribution in [-0.2, 0) is 22.3 Å². The van der Waals surface area contributed by atoms with Gasteiger partial charge in [-0.05, 0) is 43.2 Å². The first kappa shape index (κ1) is 25.9. The van der Waals surface area contributed by atoms with E-state index in [0.29, 0.717) is 28.7 Å². The molecule has 2 amide bonds. The van der Waals surface area contributed by atoms with Crippen LogP contribution in [0.1, 0.15) is 24.1 Å². The molecule has 0 aliphatic heterocycles. The molecule has 184 valence electrons. The van der Waals surface area contributed by atoms with Gasteiger partial charge in [-0.1, -0.05) is 22.5 Å². The maximum atomic E-state index is 13.3. The highest BCUT2D eigenvalue weighted by Crippen LogP contribution is 2.38. The largest absolute Gasteiger partial charge is 0.418 e. The van der Waals surface area contributed by atoms with Gasteiger partial charge in [-0.25, -0.2) is 0 Å². The van der Waals surface area contributed by atoms with Crippen molar-refractivity contribution >= 4 is 45.3 Å². The number of pyridine rings is 1. The van der Waals surface area contributed by atoms with Gasteiger partial charge in [-0.3, -0.25) is 19.6 Å². The van der Waals surface area contributed by atoms with Gasteiger partial charge in [-0.15, -0.1) is 0 Å². The third-order valence-electron chi connectivity index (χ3n) is 5.12. The maximum Gasteiger partial charge on any atom is 0.418 e. The topological polar surface area (TPSA) is 121 Å². The number of halogens is 4. The van der Waals surface area contributed by atoms with E-state index in [1.807, 2.05) is 0 Å². The number of carbonyl (C=O) groups excluding carboxylic acids is 2.